The molecule has 0 amide bonds. The van der Waals surface area contributed by atoms with Crippen LogP contribution in [0.3, 0.4) is 0 Å². The molecule has 0 aliphatic carbocycles. The molecule has 0 bridgehead atoms. The van der Waals surface area contributed by atoms with Crippen LogP contribution >= 0.6 is 0 Å². The van der Waals surface area contributed by atoms with Crippen molar-refractivity contribution in [2.24, 2.45) is 11.3 Å². The number of ether oxygens (including phenoxy) is 1. The van der Waals surface area contributed by atoms with E-state index < -0.39 is 0 Å². The van der Waals surface area contributed by atoms with Gasteiger partial charge in [0.15, 0.2) is 0 Å². The van der Waals surface area contributed by atoms with Gasteiger partial charge in [-0.05, 0) is 96.2 Å². The van der Waals surface area contributed by atoms with Crippen LogP contribution in [0.2, 0.25) is 0 Å². The van der Waals surface area contributed by atoms with Crippen LogP contribution in [0.4, 0.5) is 0 Å². The monoisotopic (exact) mass is 383 g/mol. The van der Waals surface area contributed by atoms with Gasteiger partial charge in [-0.2, -0.15) is 0 Å². The van der Waals surface area contributed by atoms with Crippen molar-refractivity contribution in [3.63, 3.8) is 0 Å². The van der Waals surface area contributed by atoms with Crippen molar-refractivity contribution in [2.45, 2.75) is 66.2 Å². The highest BCUT2D eigenvalue weighted by Gasteiger charge is 2.37. The van der Waals surface area contributed by atoms with Crippen molar-refractivity contribution in [1.82, 2.24) is 14.7 Å². The van der Waals surface area contributed by atoms with Gasteiger partial charge in [-0.25, -0.2) is 0 Å². The highest BCUT2D eigenvalue weighted by Crippen LogP contribution is 2.41. The molecule has 4 nitrogen and oxygen atoms in total. The first kappa shape index (κ1) is 24.9. The van der Waals surface area contributed by atoms with E-state index in [2.05, 4.69) is 21.7 Å². The maximum atomic E-state index is 5.22. The maximum Gasteiger partial charge on any atom is 0.0589 e. The first-order chi connectivity index (χ1) is 13.2. The molecule has 3 saturated heterocycles. The molecule has 3 fully saturated rings. The molecule has 4 heteroatoms. The SMILES string of the molecule is CC.CC.COCCN1CCC2(CC1)CCN(CC1CCN(C)CC1)CC2. The third-order valence-corrected chi connectivity index (χ3v) is 6.80. The van der Waals surface area contributed by atoms with E-state index in [4.69, 9.17) is 4.74 Å². The van der Waals surface area contributed by atoms with Crippen LogP contribution in [0.5, 0.6) is 0 Å². The lowest BCUT2D eigenvalue weighted by Crippen LogP contribution is -2.48. The smallest absolute Gasteiger partial charge is 0.0589 e. The fourth-order valence-corrected chi connectivity index (χ4v) is 4.79. The maximum absolute atomic E-state index is 5.22. The molecule has 1 spiro atoms. The highest BCUT2D eigenvalue weighted by atomic mass is 16.5. The molecule has 0 unspecified atom stereocenters. The number of likely N-dealkylation sites (tertiary alicyclic amines) is 3. The van der Waals surface area contributed by atoms with Gasteiger partial charge < -0.3 is 19.4 Å². The summed E-state index contributed by atoms with van der Waals surface area (Å²) >= 11 is 0. The topological polar surface area (TPSA) is 19.0 Å². The van der Waals surface area contributed by atoms with Crippen LogP contribution in [-0.4, -0.2) is 87.8 Å². The van der Waals surface area contributed by atoms with Crippen molar-refractivity contribution >= 4 is 0 Å². The molecule has 0 atom stereocenters. The van der Waals surface area contributed by atoms with Crippen LogP contribution < -0.4 is 0 Å². The molecule has 3 aliphatic rings. The predicted octanol–water partition coefficient (Wildman–Crippen LogP) is 4.21. The summed E-state index contributed by atoms with van der Waals surface area (Å²) in [6.07, 6.45) is 8.53. The average molecular weight is 384 g/mol. The summed E-state index contributed by atoms with van der Waals surface area (Å²) < 4.78 is 5.22. The Kier molecular flexibility index (Phi) is 12.8. The summed E-state index contributed by atoms with van der Waals surface area (Å²) in [5, 5.41) is 0. The Balaban J connectivity index is 0.000000855. The van der Waals surface area contributed by atoms with Gasteiger partial charge in [0.05, 0.1) is 6.61 Å². The molecule has 0 radical (unpaired) electrons. The molecule has 0 aromatic carbocycles. The van der Waals surface area contributed by atoms with E-state index in [1.807, 2.05) is 34.8 Å². The fourth-order valence-electron chi connectivity index (χ4n) is 4.79. The van der Waals surface area contributed by atoms with Crippen LogP contribution in [0.15, 0.2) is 0 Å². The average Bonchev–Trinajstić information content (AvgIpc) is 2.74. The second-order valence-corrected chi connectivity index (χ2v) is 8.38. The Morgan fingerprint density at radius 2 is 1.26 bits per heavy atom. The summed E-state index contributed by atoms with van der Waals surface area (Å²) in [4.78, 5) is 7.86. The lowest BCUT2D eigenvalue weighted by Gasteiger charge is -2.47. The zero-order valence-corrected chi connectivity index (χ0v) is 19.4. The number of rotatable bonds is 5. The Hall–Kier alpha value is -0.160. The highest BCUT2D eigenvalue weighted by molar-refractivity contribution is 4.91. The molecular formula is C23H49N3O. The second-order valence-electron chi connectivity index (χ2n) is 8.38. The van der Waals surface area contributed by atoms with Gasteiger partial charge in [-0.3, -0.25) is 0 Å². The van der Waals surface area contributed by atoms with Crippen LogP contribution in [0, 0.1) is 11.3 Å². The molecule has 0 N–H and O–H groups in total. The van der Waals surface area contributed by atoms with Gasteiger partial charge in [-0.1, -0.05) is 27.7 Å². The molecular weight excluding hydrogens is 334 g/mol. The van der Waals surface area contributed by atoms with Gasteiger partial charge >= 0.3 is 0 Å². The Morgan fingerprint density at radius 1 is 0.778 bits per heavy atom. The molecule has 27 heavy (non-hydrogen) atoms. The molecule has 3 aliphatic heterocycles. The summed E-state index contributed by atoms with van der Waals surface area (Å²) in [6, 6.07) is 0. The van der Waals surface area contributed by atoms with Gasteiger partial charge in [0.25, 0.3) is 0 Å². The van der Waals surface area contributed by atoms with Crippen LogP contribution in [-0.2, 0) is 4.74 Å². The van der Waals surface area contributed by atoms with E-state index in [1.54, 1.807) is 0 Å². The Labute approximate surface area is 170 Å². The van der Waals surface area contributed by atoms with Gasteiger partial charge in [0.1, 0.15) is 0 Å². The lowest BCUT2D eigenvalue weighted by atomic mass is 9.71. The molecule has 0 aromatic heterocycles. The number of nitrogens with zero attached hydrogens (tertiary/aromatic N) is 3. The lowest BCUT2D eigenvalue weighted by molar-refractivity contribution is 0.0198. The molecule has 0 saturated carbocycles. The second kappa shape index (κ2) is 13.9. The summed E-state index contributed by atoms with van der Waals surface area (Å²) in [5.74, 6) is 0.955. The largest absolute Gasteiger partial charge is 0.383 e. The first-order valence-electron chi connectivity index (χ1n) is 11.8. The predicted molar refractivity (Wildman–Crippen MR) is 119 cm³/mol. The van der Waals surface area contributed by atoms with E-state index in [9.17, 15) is 0 Å². The fraction of sp³-hybridized carbons (Fsp3) is 1.00. The number of hydrogen-bond donors (Lipinski definition) is 0. The minimum Gasteiger partial charge on any atom is -0.383 e. The van der Waals surface area contributed by atoms with E-state index in [0.717, 1.165) is 19.1 Å². The summed E-state index contributed by atoms with van der Waals surface area (Å²) in [7, 11) is 4.07. The van der Waals surface area contributed by atoms with Crippen molar-refractivity contribution in [2.75, 3.05) is 73.1 Å². The molecule has 3 rings (SSSR count). The molecule has 162 valence electrons. The molecule has 3 heterocycles. The van der Waals surface area contributed by atoms with Gasteiger partial charge in [-0.15, -0.1) is 0 Å². The van der Waals surface area contributed by atoms with E-state index in [0.29, 0.717) is 5.41 Å². The first-order valence-corrected chi connectivity index (χ1v) is 11.8. The third kappa shape index (κ3) is 8.39. The van der Waals surface area contributed by atoms with Crippen LogP contribution in [0.25, 0.3) is 0 Å². The zero-order valence-electron chi connectivity index (χ0n) is 19.4. The summed E-state index contributed by atoms with van der Waals surface area (Å²) in [5.41, 5.74) is 0.673. The number of piperidine rings is 3. The molecule has 0 aromatic rings. The standard InChI is InChI=1S/C19H37N3O.2C2H6/c1-20-9-3-18(4-10-20)17-22-13-7-19(8-14-22)5-11-21(12-6-19)15-16-23-2;2*1-2/h18H,3-17H2,1-2H3;2*1-2H3. The minimum absolute atomic E-state index is 0.673. The van der Waals surface area contributed by atoms with Gasteiger partial charge in [0, 0.05) is 20.2 Å². The van der Waals surface area contributed by atoms with Crippen molar-refractivity contribution < 1.29 is 4.74 Å². The van der Waals surface area contributed by atoms with Gasteiger partial charge in [0.2, 0.25) is 0 Å². The Morgan fingerprint density at radius 3 is 1.74 bits per heavy atom. The van der Waals surface area contributed by atoms with Crippen molar-refractivity contribution in [1.29, 1.82) is 0 Å². The minimum atomic E-state index is 0.673. The third-order valence-electron chi connectivity index (χ3n) is 6.80. The zero-order chi connectivity index (χ0) is 20.1. The van der Waals surface area contributed by atoms with E-state index in [1.165, 1.54) is 84.3 Å². The summed E-state index contributed by atoms with van der Waals surface area (Å²) in [6.45, 7) is 19.3. The normalized spacial score (nSPS) is 24.7. The van der Waals surface area contributed by atoms with E-state index in [-0.39, 0.29) is 0 Å². The number of hydrogen-bond acceptors (Lipinski definition) is 4. The van der Waals surface area contributed by atoms with Crippen LogP contribution in [0.1, 0.15) is 66.2 Å². The van der Waals surface area contributed by atoms with E-state index >= 15 is 0 Å². The Bertz CT molecular complexity index is 338. The number of methoxy groups -OCH3 is 1. The van der Waals surface area contributed by atoms with Crippen molar-refractivity contribution in [3.05, 3.63) is 0 Å². The quantitative estimate of drug-likeness (QED) is 0.708. The van der Waals surface area contributed by atoms with Crippen molar-refractivity contribution in [3.8, 4) is 0 Å².